The molecule has 21 heavy (non-hydrogen) atoms. The molecular formula is C14H22N2O4S. The minimum Gasteiger partial charge on any atom is -0.480 e. The van der Waals surface area contributed by atoms with Gasteiger partial charge in [0, 0.05) is 19.8 Å². The number of carboxylic acids is 1. The molecule has 0 aliphatic carbocycles. The molecule has 7 heteroatoms. The van der Waals surface area contributed by atoms with Gasteiger partial charge >= 0.3 is 5.97 Å². The Hall–Kier alpha value is -1.60. The van der Waals surface area contributed by atoms with E-state index in [0.717, 1.165) is 10.7 Å². The van der Waals surface area contributed by atoms with Crippen LogP contribution in [0.1, 0.15) is 26.7 Å². The average molecular weight is 314 g/mol. The molecule has 2 N–H and O–H groups in total. The first-order chi connectivity index (χ1) is 9.63. The molecule has 0 radical (unpaired) electrons. The maximum absolute atomic E-state index is 12.0. The van der Waals surface area contributed by atoms with Crippen LogP contribution in [-0.4, -0.2) is 43.4 Å². The van der Waals surface area contributed by atoms with Gasteiger partial charge < -0.3 is 10.4 Å². The third-order valence-corrected chi connectivity index (χ3v) is 5.10. The molecule has 0 fully saturated rings. The molecule has 0 aliphatic rings. The molecule has 1 atom stereocenters. The Bertz CT molecular complexity index is 596. The molecule has 118 valence electrons. The van der Waals surface area contributed by atoms with E-state index >= 15 is 0 Å². The van der Waals surface area contributed by atoms with Crippen molar-refractivity contribution in [1.82, 2.24) is 4.31 Å². The fourth-order valence-corrected chi connectivity index (χ4v) is 2.86. The summed E-state index contributed by atoms with van der Waals surface area (Å²) in [6.45, 7) is 3.53. The van der Waals surface area contributed by atoms with E-state index < -0.39 is 21.5 Å². The van der Waals surface area contributed by atoms with E-state index in [1.165, 1.54) is 26.2 Å². The second-order valence-corrected chi connectivity index (χ2v) is 7.48. The van der Waals surface area contributed by atoms with E-state index in [0.29, 0.717) is 12.1 Å². The Labute approximate surface area is 125 Å². The van der Waals surface area contributed by atoms with Gasteiger partial charge in [0.25, 0.3) is 0 Å². The van der Waals surface area contributed by atoms with Crippen LogP contribution in [0.25, 0.3) is 0 Å². The minimum atomic E-state index is -3.47. The van der Waals surface area contributed by atoms with Gasteiger partial charge in [-0.05, 0) is 37.6 Å². The number of aliphatic carboxylic acids is 1. The molecule has 1 aromatic rings. The van der Waals surface area contributed by atoms with Crippen LogP contribution in [0, 0.1) is 0 Å². The van der Waals surface area contributed by atoms with Crippen molar-refractivity contribution < 1.29 is 18.3 Å². The summed E-state index contributed by atoms with van der Waals surface area (Å²) in [5, 5.41) is 12.3. The number of nitrogens with zero attached hydrogens (tertiary/aromatic N) is 1. The van der Waals surface area contributed by atoms with Gasteiger partial charge in [0.05, 0.1) is 4.90 Å². The van der Waals surface area contributed by atoms with Crippen LogP contribution in [0.15, 0.2) is 29.2 Å². The van der Waals surface area contributed by atoms with Crippen molar-refractivity contribution in [2.45, 2.75) is 37.1 Å². The quantitative estimate of drug-likeness (QED) is 0.804. The Morgan fingerprint density at radius 2 is 1.81 bits per heavy atom. The smallest absolute Gasteiger partial charge is 0.329 e. The zero-order valence-corrected chi connectivity index (χ0v) is 13.6. The third kappa shape index (κ3) is 3.95. The zero-order chi connectivity index (χ0) is 16.3. The molecule has 1 aromatic carbocycles. The molecule has 0 amide bonds. The first kappa shape index (κ1) is 17.5. The van der Waals surface area contributed by atoms with Crippen LogP contribution in [0.2, 0.25) is 0 Å². The number of rotatable bonds is 7. The Kier molecular flexibility index (Phi) is 5.36. The molecule has 0 bridgehead atoms. The van der Waals surface area contributed by atoms with Gasteiger partial charge in [0.2, 0.25) is 10.0 Å². The molecule has 0 aliphatic heterocycles. The molecule has 6 nitrogen and oxygen atoms in total. The highest BCUT2D eigenvalue weighted by molar-refractivity contribution is 7.89. The highest BCUT2D eigenvalue weighted by atomic mass is 32.2. The maximum Gasteiger partial charge on any atom is 0.329 e. The standard InChI is InChI=1S/C14H22N2O4S/c1-5-10-14(2,13(17)18)15-11-6-8-12(9-7-11)21(19,20)16(3)4/h6-9,15H,5,10H2,1-4H3,(H,17,18). The summed E-state index contributed by atoms with van der Waals surface area (Å²) < 4.78 is 25.0. The summed E-state index contributed by atoms with van der Waals surface area (Å²) in [7, 11) is -0.550. The summed E-state index contributed by atoms with van der Waals surface area (Å²) in [5.41, 5.74) is -0.498. The van der Waals surface area contributed by atoms with Crippen LogP contribution in [0.3, 0.4) is 0 Å². The normalized spacial score (nSPS) is 14.7. The van der Waals surface area contributed by atoms with Gasteiger partial charge in [-0.1, -0.05) is 13.3 Å². The number of hydrogen-bond acceptors (Lipinski definition) is 4. The summed E-state index contributed by atoms with van der Waals surface area (Å²) >= 11 is 0. The summed E-state index contributed by atoms with van der Waals surface area (Å²) in [6.07, 6.45) is 1.20. The number of nitrogens with one attached hydrogen (secondary N) is 1. The molecule has 1 rings (SSSR count). The first-order valence-corrected chi connectivity index (χ1v) is 8.11. The SMILES string of the molecule is CCCC(C)(Nc1ccc(S(=O)(=O)N(C)C)cc1)C(=O)O. The van der Waals surface area contributed by atoms with Gasteiger partial charge in [0.15, 0.2) is 0 Å². The van der Waals surface area contributed by atoms with E-state index in [1.807, 2.05) is 6.92 Å². The molecule has 0 saturated carbocycles. The molecule has 0 heterocycles. The molecular weight excluding hydrogens is 292 g/mol. The van der Waals surface area contributed by atoms with Crippen LogP contribution in [0.5, 0.6) is 0 Å². The van der Waals surface area contributed by atoms with E-state index in [1.54, 1.807) is 19.1 Å². The largest absolute Gasteiger partial charge is 0.480 e. The molecule has 0 aromatic heterocycles. The molecule has 0 saturated heterocycles. The fraction of sp³-hybridized carbons (Fsp3) is 0.500. The zero-order valence-electron chi connectivity index (χ0n) is 12.8. The van der Waals surface area contributed by atoms with Crippen molar-refractivity contribution in [3.05, 3.63) is 24.3 Å². The van der Waals surface area contributed by atoms with Crippen LogP contribution in [-0.2, 0) is 14.8 Å². The number of anilines is 1. The number of hydrogen-bond donors (Lipinski definition) is 2. The van der Waals surface area contributed by atoms with Crippen molar-refractivity contribution >= 4 is 21.7 Å². The van der Waals surface area contributed by atoms with Gasteiger partial charge in [-0.25, -0.2) is 17.5 Å². The lowest BCUT2D eigenvalue weighted by Crippen LogP contribution is -2.43. The average Bonchev–Trinajstić information content (AvgIpc) is 2.39. The number of carbonyl (C=O) groups is 1. The fourth-order valence-electron chi connectivity index (χ4n) is 1.96. The van der Waals surface area contributed by atoms with Crippen LogP contribution in [0.4, 0.5) is 5.69 Å². The highest BCUT2D eigenvalue weighted by Crippen LogP contribution is 2.22. The van der Waals surface area contributed by atoms with Gasteiger partial charge in [-0.3, -0.25) is 0 Å². The summed E-state index contributed by atoms with van der Waals surface area (Å²) in [6, 6.07) is 6.08. The van der Waals surface area contributed by atoms with Crippen molar-refractivity contribution in [3.8, 4) is 0 Å². The van der Waals surface area contributed by atoms with Gasteiger partial charge in [-0.2, -0.15) is 0 Å². The van der Waals surface area contributed by atoms with E-state index in [-0.39, 0.29) is 4.90 Å². The van der Waals surface area contributed by atoms with Crippen LogP contribution < -0.4 is 5.32 Å². The van der Waals surface area contributed by atoms with Crippen LogP contribution >= 0.6 is 0 Å². The predicted octanol–water partition coefficient (Wildman–Crippen LogP) is 1.99. The number of sulfonamides is 1. The lowest BCUT2D eigenvalue weighted by atomic mass is 9.96. The van der Waals surface area contributed by atoms with Crippen molar-refractivity contribution in [2.75, 3.05) is 19.4 Å². The monoisotopic (exact) mass is 314 g/mol. The van der Waals surface area contributed by atoms with E-state index in [2.05, 4.69) is 5.32 Å². The van der Waals surface area contributed by atoms with Gasteiger partial charge in [0.1, 0.15) is 5.54 Å². The highest BCUT2D eigenvalue weighted by Gasteiger charge is 2.31. The van der Waals surface area contributed by atoms with Crippen molar-refractivity contribution in [2.24, 2.45) is 0 Å². The number of benzene rings is 1. The Morgan fingerprint density at radius 3 is 2.19 bits per heavy atom. The molecule has 1 unspecified atom stereocenters. The second kappa shape index (κ2) is 6.44. The van der Waals surface area contributed by atoms with Crippen molar-refractivity contribution in [1.29, 1.82) is 0 Å². The maximum atomic E-state index is 12.0. The first-order valence-electron chi connectivity index (χ1n) is 6.67. The van der Waals surface area contributed by atoms with E-state index in [9.17, 15) is 18.3 Å². The van der Waals surface area contributed by atoms with Gasteiger partial charge in [-0.15, -0.1) is 0 Å². The van der Waals surface area contributed by atoms with E-state index in [4.69, 9.17) is 0 Å². The second-order valence-electron chi connectivity index (χ2n) is 5.32. The Balaban J connectivity index is 3.01. The lowest BCUT2D eigenvalue weighted by molar-refractivity contribution is -0.141. The van der Waals surface area contributed by atoms with Crippen molar-refractivity contribution in [3.63, 3.8) is 0 Å². The minimum absolute atomic E-state index is 0.172. The lowest BCUT2D eigenvalue weighted by Gasteiger charge is -2.27. The third-order valence-electron chi connectivity index (χ3n) is 3.28. The molecule has 0 spiro atoms. The Morgan fingerprint density at radius 1 is 1.29 bits per heavy atom. The summed E-state index contributed by atoms with van der Waals surface area (Å²) in [5.74, 6) is -0.936. The topological polar surface area (TPSA) is 86.7 Å². The summed E-state index contributed by atoms with van der Waals surface area (Å²) in [4.78, 5) is 11.5. The number of carboxylic acid groups (broad SMARTS) is 1. The predicted molar refractivity (Wildman–Crippen MR) is 81.9 cm³/mol.